The largest absolute Gasteiger partial charge is 0.307 e. The Morgan fingerprint density at radius 2 is 2.05 bits per heavy atom. The molecule has 0 unspecified atom stereocenters. The molecule has 0 saturated heterocycles. The molecule has 19 heavy (non-hydrogen) atoms. The molecule has 2 aromatic heterocycles. The van der Waals surface area contributed by atoms with Gasteiger partial charge in [0, 0.05) is 11.8 Å². The highest BCUT2D eigenvalue weighted by Crippen LogP contribution is 2.03. The van der Waals surface area contributed by atoms with Crippen LogP contribution in [0.1, 0.15) is 21.9 Å². The van der Waals surface area contributed by atoms with Crippen molar-refractivity contribution in [1.29, 1.82) is 0 Å². The number of hydrogen-bond acceptors (Lipinski definition) is 4. The summed E-state index contributed by atoms with van der Waals surface area (Å²) in [6.07, 6.45) is 0. The van der Waals surface area contributed by atoms with Gasteiger partial charge in [-0.3, -0.25) is 15.0 Å². The van der Waals surface area contributed by atoms with Gasteiger partial charge >= 0.3 is 0 Å². The number of aryl methyl sites for hydroxylation is 1. The Morgan fingerprint density at radius 3 is 2.74 bits per heavy atom. The van der Waals surface area contributed by atoms with Gasteiger partial charge < -0.3 is 4.57 Å². The van der Waals surface area contributed by atoms with E-state index in [2.05, 4.69) is 4.98 Å². The lowest BCUT2D eigenvalue weighted by molar-refractivity contribution is 0.0948. The molecule has 0 aliphatic heterocycles. The fraction of sp³-hybridized carbons (Fsp3) is 0.154. The second kappa shape index (κ2) is 5.45. The number of nitrogen functional groups attached to an aromatic ring is 1. The molecule has 98 valence electrons. The van der Waals surface area contributed by atoms with Gasteiger partial charge in [-0.15, -0.1) is 0 Å². The Balaban J connectivity index is 2.34. The van der Waals surface area contributed by atoms with Crippen LogP contribution in [0.4, 0.5) is 0 Å². The molecule has 0 saturated carbocycles. The van der Waals surface area contributed by atoms with Crippen molar-refractivity contribution < 1.29 is 4.79 Å². The molecule has 0 radical (unpaired) electrons. The Morgan fingerprint density at radius 1 is 1.32 bits per heavy atom. The number of hydrogen-bond donors (Lipinski definition) is 2. The summed E-state index contributed by atoms with van der Waals surface area (Å²) >= 11 is 0. The van der Waals surface area contributed by atoms with Gasteiger partial charge in [-0.25, -0.2) is 10.8 Å². The number of nitrogens with one attached hydrogen (secondary N) is 1. The van der Waals surface area contributed by atoms with Crippen molar-refractivity contribution in [2.45, 2.75) is 13.5 Å². The van der Waals surface area contributed by atoms with Crippen LogP contribution < -0.4 is 16.8 Å². The predicted octanol–water partition coefficient (Wildman–Crippen LogP) is 0.204. The number of carbonyl (C=O) groups excluding carboxylic acids is 1. The molecule has 3 N–H and O–H groups in total. The molecule has 0 fully saturated rings. The second-order valence-corrected chi connectivity index (χ2v) is 4.08. The van der Waals surface area contributed by atoms with Crippen molar-refractivity contribution in [3.63, 3.8) is 0 Å². The van der Waals surface area contributed by atoms with Gasteiger partial charge in [0.1, 0.15) is 5.69 Å². The van der Waals surface area contributed by atoms with Gasteiger partial charge in [0.25, 0.3) is 11.5 Å². The van der Waals surface area contributed by atoms with Crippen LogP contribution in [0.25, 0.3) is 0 Å². The summed E-state index contributed by atoms with van der Waals surface area (Å²) in [5.41, 5.74) is 3.61. The third-order valence-electron chi connectivity index (χ3n) is 2.76. The standard InChI is InChI=1S/C13H14N4O2/c1-9-4-2-7-12(18)17(9)8-10-5-3-6-11(15-10)13(19)16-14/h2-7H,8,14H2,1H3,(H,16,19). The molecule has 0 spiro atoms. The highest BCUT2D eigenvalue weighted by Gasteiger charge is 2.07. The highest BCUT2D eigenvalue weighted by molar-refractivity contribution is 5.91. The quantitative estimate of drug-likeness (QED) is 0.467. The summed E-state index contributed by atoms with van der Waals surface area (Å²) in [5.74, 6) is 4.60. The number of rotatable bonds is 3. The minimum atomic E-state index is -0.459. The molecule has 6 heteroatoms. The van der Waals surface area contributed by atoms with Gasteiger partial charge in [-0.1, -0.05) is 12.1 Å². The maximum Gasteiger partial charge on any atom is 0.283 e. The monoisotopic (exact) mass is 258 g/mol. The third kappa shape index (κ3) is 2.86. The summed E-state index contributed by atoms with van der Waals surface area (Å²) < 4.78 is 1.59. The van der Waals surface area contributed by atoms with E-state index in [-0.39, 0.29) is 11.3 Å². The molecule has 1 amide bonds. The summed E-state index contributed by atoms with van der Waals surface area (Å²) in [5, 5.41) is 0. The van der Waals surface area contributed by atoms with E-state index in [1.54, 1.807) is 28.8 Å². The minimum absolute atomic E-state index is 0.101. The van der Waals surface area contributed by atoms with Crippen LogP contribution in [-0.4, -0.2) is 15.5 Å². The van der Waals surface area contributed by atoms with E-state index in [1.807, 2.05) is 18.4 Å². The first-order valence-corrected chi connectivity index (χ1v) is 5.75. The smallest absolute Gasteiger partial charge is 0.283 e. The van der Waals surface area contributed by atoms with Crippen LogP contribution in [-0.2, 0) is 6.54 Å². The van der Waals surface area contributed by atoms with Crippen LogP contribution in [0, 0.1) is 6.92 Å². The van der Waals surface area contributed by atoms with Gasteiger partial charge in [0.2, 0.25) is 0 Å². The lowest BCUT2D eigenvalue weighted by atomic mass is 10.2. The summed E-state index contributed by atoms with van der Waals surface area (Å²) in [6.45, 7) is 2.16. The first-order chi connectivity index (χ1) is 9.11. The van der Waals surface area contributed by atoms with Crippen LogP contribution in [0.15, 0.2) is 41.2 Å². The number of aromatic nitrogens is 2. The fourth-order valence-electron chi connectivity index (χ4n) is 1.76. The van der Waals surface area contributed by atoms with E-state index in [4.69, 9.17) is 5.84 Å². The zero-order chi connectivity index (χ0) is 13.8. The summed E-state index contributed by atoms with van der Waals surface area (Å²) in [6, 6.07) is 10.1. The molecule has 0 atom stereocenters. The number of nitrogens with zero attached hydrogens (tertiary/aromatic N) is 2. The SMILES string of the molecule is Cc1cccc(=O)n1Cc1cccc(C(=O)NN)n1. The summed E-state index contributed by atoms with van der Waals surface area (Å²) in [4.78, 5) is 27.3. The number of carbonyl (C=O) groups is 1. The Bertz CT molecular complexity index is 664. The van der Waals surface area contributed by atoms with E-state index >= 15 is 0 Å². The van der Waals surface area contributed by atoms with Crippen molar-refractivity contribution in [1.82, 2.24) is 15.0 Å². The molecular formula is C13H14N4O2. The molecule has 0 bridgehead atoms. The zero-order valence-corrected chi connectivity index (χ0v) is 10.5. The Kier molecular flexibility index (Phi) is 3.72. The number of amides is 1. The van der Waals surface area contributed by atoms with E-state index in [0.717, 1.165) is 5.69 Å². The fourth-order valence-corrected chi connectivity index (χ4v) is 1.76. The van der Waals surface area contributed by atoms with Gasteiger partial charge in [-0.2, -0.15) is 0 Å². The zero-order valence-electron chi connectivity index (χ0n) is 10.5. The molecule has 2 aromatic rings. The predicted molar refractivity (Wildman–Crippen MR) is 70.4 cm³/mol. The van der Waals surface area contributed by atoms with Gasteiger partial charge in [0.15, 0.2) is 0 Å². The molecule has 0 aliphatic carbocycles. The van der Waals surface area contributed by atoms with Crippen LogP contribution in [0.3, 0.4) is 0 Å². The van der Waals surface area contributed by atoms with Crippen molar-refractivity contribution in [3.05, 3.63) is 63.8 Å². The van der Waals surface area contributed by atoms with Gasteiger partial charge in [0.05, 0.1) is 12.2 Å². The lowest BCUT2D eigenvalue weighted by Gasteiger charge is -2.09. The van der Waals surface area contributed by atoms with E-state index < -0.39 is 5.91 Å². The minimum Gasteiger partial charge on any atom is -0.307 e. The van der Waals surface area contributed by atoms with Crippen LogP contribution >= 0.6 is 0 Å². The number of pyridine rings is 2. The van der Waals surface area contributed by atoms with Crippen molar-refractivity contribution in [2.75, 3.05) is 0 Å². The highest BCUT2D eigenvalue weighted by atomic mass is 16.2. The lowest BCUT2D eigenvalue weighted by Crippen LogP contribution is -2.31. The molecule has 6 nitrogen and oxygen atoms in total. The molecule has 0 aromatic carbocycles. The topological polar surface area (TPSA) is 90.0 Å². The average Bonchev–Trinajstić information content (AvgIpc) is 2.42. The van der Waals surface area contributed by atoms with Crippen LogP contribution in [0.5, 0.6) is 0 Å². The average molecular weight is 258 g/mol. The van der Waals surface area contributed by atoms with Crippen molar-refractivity contribution in [3.8, 4) is 0 Å². The third-order valence-corrected chi connectivity index (χ3v) is 2.76. The van der Waals surface area contributed by atoms with Crippen molar-refractivity contribution >= 4 is 5.91 Å². The van der Waals surface area contributed by atoms with E-state index in [9.17, 15) is 9.59 Å². The normalized spacial score (nSPS) is 10.2. The van der Waals surface area contributed by atoms with E-state index in [1.165, 1.54) is 6.07 Å². The Labute approximate surface area is 109 Å². The molecule has 2 heterocycles. The molecule has 0 aliphatic rings. The maximum absolute atomic E-state index is 11.8. The maximum atomic E-state index is 11.8. The number of nitrogens with two attached hydrogens (primary N) is 1. The van der Waals surface area contributed by atoms with Crippen LogP contribution in [0.2, 0.25) is 0 Å². The first-order valence-electron chi connectivity index (χ1n) is 5.75. The number of hydrazine groups is 1. The van der Waals surface area contributed by atoms with E-state index in [0.29, 0.717) is 12.2 Å². The Hall–Kier alpha value is -2.47. The molecule has 2 rings (SSSR count). The molecular weight excluding hydrogens is 244 g/mol. The summed E-state index contributed by atoms with van der Waals surface area (Å²) in [7, 11) is 0. The second-order valence-electron chi connectivity index (χ2n) is 4.08. The first kappa shape index (κ1) is 13.0. The van der Waals surface area contributed by atoms with Crippen molar-refractivity contribution in [2.24, 2.45) is 5.84 Å². The van der Waals surface area contributed by atoms with Gasteiger partial charge in [-0.05, 0) is 25.1 Å².